The first-order valence-corrected chi connectivity index (χ1v) is 18.5. The van der Waals surface area contributed by atoms with Crippen molar-refractivity contribution in [1.29, 1.82) is 0 Å². The monoisotopic (exact) mass is 687 g/mol. The molecule has 0 saturated heterocycles. The molecule has 0 bridgehead atoms. The van der Waals surface area contributed by atoms with Crippen LogP contribution in [0.15, 0.2) is 205 Å². The highest BCUT2D eigenvalue weighted by molar-refractivity contribution is 6.20. The van der Waals surface area contributed by atoms with E-state index in [-0.39, 0.29) is 0 Å². The summed E-state index contributed by atoms with van der Waals surface area (Å²) in [5.41, 5.74) is 9.78. The summed E-state index contributed by atoms with van der Waals surface area (Å²) in [4.78, 5) is 2.44. The van der Waals surface area contributed by atoms with Crippen molar-refractivity contribution in [3.05, 3.63) is 200 Å². The zero-order valence-electron chi connectivity index (χ0n) is 29.4. The molecule has 0 saturated carbocycles. The van der Waals surface area contributed by atoms with Crippen LogP contribution in [-0.4, -0.2) is 0 Å². The Morgan fingerprint density at radius 3 is 1.78 bits per heavy atom. The number of hydrogen-bond donors (Lipinski definition) is 0. The molecule has 1 aromatic heterocycles. The molecule has 0 unspecified atom stereocenters. The smallest absolute Gasteiger partial charge is 0.143 e. The van der Waals surface area contributed by atoms with Crippen LogP contribution in [0.4, 0.5) is 17.1 Å². The molecule has 54 heavy (non-hydrogen) atoms. The molecule has 0 spiro atoms. The number of hydrogen-bond acceptors (Lipinski definition) is 2. The molecule has 11 aromatic rings. The maximum atomic E-state index is 6.66. The zero-order valence-corrected chi connectivity index (χ0v) is 29.4. The third-order valence-corrected chi connectivity index (χ3v) is 11.0. The largest absolute Gasteiger partial charge is 0.455 e. The van der Waals surface area contributed by atoms with Gasteiger partial charge in [0, 0.05) is 32.8 Å². The molecule has 0 amide bonds. The number of para-hydroxylation sites is 1. The van der Waals surface area contributed by atoms with E-state index in [0.29, 0.717) is 0 Å². The fourth-order valence-corrected chi connectivity index (χ4v) is 8.47. The Kier molecular flexibility index (Phi) is 6.90. The van der Waals surface area contributed by atoms with Gasteiger partial charge in [0.05, 0.1) is 11.4 Å². The number of nitrogens with zero attached hydrogens (tertiary/aromatic N) is 1. The summed E-state index contributed by atoms with van der Waals surface area (Å²) in [5, 5.41) is 12.0. The van der Waals surface area contributed by atoms with E-state index < -0.39 is 0 Å². The van der Waals surface area contributed by atoms with Crippen molar-refractivity contribution in [3.8, 4) is 22.3 Å². The maximum absolute atomic E-state index is 6.66. The van der Waals surface area contributed by atoms with Crippen LogP contribution in [-0.2, 0) is 0 Å². The van der Waals surface area contributed by atoms with Crippen LogP contribution < -0.4 is 4.90 Å². The van der Waals surface area contributed by atoms with Crippen molar-refractivity contribution in [1.82, 2.24) is 0 Å². The first kappa shape index (κ1) is 30.5. The first-order valence-electron chi connectivity index (χ1n) is 18.5. The van der Waals surface area contributed by atoms with Crippen molar-refractivity contribution < 1.29 is 4.42 Å². The van der Waals surface area contributed by atoms with Gasteiger partial charge in [0.1, 0.15) is 11.2 Å². The van der Waals surface area contributed by atoms with E-state index in [9.17, 15) is 0 Å². The minimum atomic E-state index is 0.886. The van der Waals surface area contributed by atoms with Crippen LogP contribution in [0.1, 0.15) is 0 Å². The second kappa shape index (κ2) is 12.2. The Morgan fingerprint density at radius 1 is 0.333 bits per heavy atom. The first-order chi connectivity index (χ1) is 26.8. The van der Waals surface area contributed by atoms with Crippen molar-refractivity contribution in [2.75, 3.05) is 4.90 Å². The van der Waals surface area contributed by atoms with Crippen LogP contribution >= 0.6 is 0 Å². The summed E-state index contributed by atoms with van der Waals surface area (Å²) < 4.78 is 6.66. The number of anilines is 3. The van der Waals surface area contributed by atoms with Crippen LogP contribution in [0.2, 0.25) is 0 Å². The summed E-state index contributed by atoms with van der Waals surface area (Å²) >= 11 is 0. The average molecular weight is 688 g/mol. The molecule has 252 valence electrons. The van der Waals surface area contributed by atoms with Crippen LogP contribution in [0.25, 0.3) is 87.3 Å². The highest BCUT2D eigenvalue weighted by Gasteiger charge is 2.22. The number of rotatable bonds is 5. The Morgan fingerprint density at radius 2 is 0.926 bits per heavy atom. The normalized spacial score (nSPS) is 11.7. The lowest BCUT2D eigenvalue weighted by Crippen LogP contribution is -2.11. The van der Waals surface area contributed by atoms with Gasteiger partial charge in [0.2, 0.25) is 0 Å². The molecule has 0 N–H and O–H groups in total. The molecule has 0 radical (unpaired) electrons. The van der Waals surface area contributed by atoms with E-state index in [1.807, 2.05) is 0 Å². The van der Waals surface area contributed by atoms with Crippen molar-refractivity contribution in [2.24, 2.45) is 0 Å². The fraction of sp³-hybridized carbons (Fsp3) is 0. The van der Waals surface area contributed by atoms with Gasteiger partial charge in [-0.15, -0.1) is 0 Å². The standard InChI is InChI=1S/C52H33NO/c1-2-14-38-33-39(24-23-34(38)11-1)35-25-29-40(30-26-35)53(49-21-9-18-43-41-15-5-3-12-36(41)27-31-45(43)49)48-20-8-7-17-44(48)46-19-10-22-50-51(46)47-32-28-37-13-4-6-16-42(37)52(47)54-50/h1-33H. The van der Waals surface area contributed by atoms with Gasteiger partial charge in [0.15, 0.2) is 0 Å². The predicted molar refractivity (Wildman–Crippen MR) is 229 cm³/mol. The highest BCUT2D eigenvalue weighted by atomic mass is 16.3. The quantitative estimate of drug-likeness (QED) is 0.168. The molecule has 11 rings (SSSR count). The Balaban J connectivity index is 1.15. The molecule has 0 aliphatic carbocycles. The van der Waals surface area contributed by atoms with E-state index in [1.165, 1.54) is 48.8 Å². The molecular formula is C52H33NO. The van der Waals surface area contributed by atoms with Crippen molar-refractivity contribution >= 4 is 82.1 Å². The van der Waals surface area contributed by atoms with Gasteiger partial charge in [-0.3, -0.25) is 0 Å². The van der Waals surface area contributed by atoms with Gasteiger partial charge in [-0.1, -0.05) is 158 Å². The topological polar surface area (TPSA) is 16.4 Å². The lowest BCUT2D eigenvalue weighted by atomic mass is 9.95. The SMILES string of the molecule is c1ccc(N(c2ccc(-c3ccc4ccccc4c3)cc2)c2cccc3c2ccc2ccccc23)c(-c2cccc3oc4c5ccccc5ccc4c23)c1. The van der Waals surface area contributed by atoms with Crippen LogP contribution in [0.3, 0.4) is 0 Å². The van der Waals surface area contributed by atoms with Gasteiger partial charge < -0.3 is 9.32 Å². The summed E-state index contributed by atoms with van der Waals surface area (Å²) in [6.45, 7) is 0. The predicted octanol–water partition coefficient (Wildman–Crippen LogP) is 15.0. The van der Waals surface area contributed by atoms with Crippen LogP contribution in [0.5, 0.6) is 0 Å². The molecular weight excluding hydrogens is 655 g/mol. The summed E-state index contributed by atoms with van der Waals surface area (Å²) in [6.07, 6.45) is 0. The second-order valence-electron chi connectivity index (χ2n) is 14.1. The van der Waals surface area contributed by atoms with Gasteiger partial charge in [-0.25, -0.2) is 0 Å². The summed E-state index contributed by atoms with van der Waals surface area (Å²) in [6, 6.07) is 72.3. The molecule has 0 fully saturated rings. The van der Waals surface area contributed by atoms with Crippen LogP contribution in [0, 0.1) is 0 Å². The lowest BCUT2D eigenvalue weighted by Gasteiger charge is -2.29. The van der Waals surface area contributed by atoms with E-state index >= 15 is 0 Å². The van der Waals surface area contributed by atoms with E-state index in [1.54, 1.807) is 0 Å². The number of furan rings is 1. The zero-order chi connectivity index (χ0) is 35.6. The molecule has 2 heteroatoms. The van der Waals surface area contributed by atoms with Gasteiger partial charge in [-0.05, 0) is 91.5 Å². The van der Waals surface area contributed by atoms with Gasteiger partial charge in [-0.2, -0.15) is 0 Å². The van der Waals surface area contributed by atoms with E-state index in [4.69, 9.17) is 4.42 Å². The third kappa shape index (κ3) is 4.81. The highest BCUT2D eigenvalue weighted by Crippen LogP contribution is 2.47. The molecule has 2 nitrogen and oxygen atoms in total. The Bertz CT molecular complexity index is 3230. The maximum Gasteiger partial charge on any atom is 0.143 e. The number of fused-ring (bicyclic) bond motifs is 9. The lowest BCUT2D eigenvalue weighted by molar-refractivity contribution is 0.673. The fourth-order valence-electron chi connectivity index (χ4n) is 8.47. The third-order valence-electron chi connectivity index (χ3n) is 11.0. The minimum absolute atomic E-state index is 0.886. The Labute approximate surface area is 312 Å². The Hall–Kier alpha value is -7.16. The number of benzene rings is 10. The average Bonchev–Trinajstić information content (AvgIpc) is 3.64. The summed E-state index contributed by atoms with van der Waals surface area (Å²) in [5.74, 6) is 0. The minimum Gasteiger partial charge on any atom is -0.455 e. The van der Waals surface area contributed by atoms with Crippen molar-refractivity contribution in [3.63, 3.8) is 0 Å². The summed E-state index contributed by atoms with van der Waals surface area (Å²) in [7, 11) is 0. The molecule has 0 atom stereocenters. The van der Waals surface area contributed by atoms with E-state index in [0.717, 1.165) is 55.5 Å². The second-order valence-corrected chi connectivity index (χ2v) is 14.1. The molecule has 10 aromatic carbocycles. The van der Waals surface area contributed by atoms with Gasteiger partial charge in [0.25, 0.3) is 0 Å². The molecule has 0 aliphatic rings. The van der Waals surface area contributed by atoms with E-state index in [2.05, 4.69) is 205 Å². The van der Waals surface area contributed by atoms with Gasteiger partial charge >= 0.3 is 0 Å². The van der Waals surface area contributed by atoms with Crippen molar-refractivity contribution in [2.45, 2.75) is 0 Å². The molecule has 1 heterocycles. The molecule has 0 aliphatic heterocycles.